The van der Waals surface area contributed by atoms with Gasteiger partial charge in [-0.3, -0.25) is 9.48 Å². The van der Waals surface area contributed by atoms with Gasteiger partial charge < -0.3 is 19.6 Å². The Bertz CT molecular complexity index is 1140. The first-order valence-corrected chi connectivity index (χ1v) is 13.3. The molecule has 0 aromatic carbocycles. The van der Waals surface area contributed by atoms with E-state index in [4.69, 9.17) is 14.5 Å². The lowest BCUT2D eigenvalue weighted by molar-refractivity contribution is 0.171. The molecule has 2 atom stereocenters. The number of aromatic amines is 1. The molecule has 0 bridgehead atoms. The number of rotatable bonds is 13. The maximum Gasteiger partial charge on any atom is 0.277 e. The van der Waals surface area contributed by atoms with Crippen LogP contribution in [0.5, 0.6) is 0 Å². The first kappa shape index (κ1) is 27.3. The van der Waals surface area contributed by atoms with Crippen molar-refractivity contribution in [3.05, 3.63) is 39.8 Å². The van der Waals surface area contributed by atoms with Crippen molar-refractivity contribution in [1.29, 1.82) is 0 Å². The molecule has 1 aliphatic carbocycles. The fourth-order valence-electron chi connectivity index (χ4n) is 4.10. The number of aliphatic hydroxyl groups is 1. The molecule has 10 nitrogen and oxygen atoms in total. The van der Waals surface area contributed by atoms with Gasteiger partial charge in [-0.2, -0.15) is 5.10 Å². The van der Waals surface area contributed by atoms with Crippen molar-refractivity contribution in [2.45, 2.75) is 51.2 Å². The number of hydrogen-bond donors (Lipinski definition) is 2. The van der Waals surface area contributed by atoms with Crippen molar-refractivity contribution in [2.24, 2.45) is 7.05 Å². The first-order chi connectivity index (χ1) is 16.9. The van der Waals surface area contributed by atoms with E-state index in [0.717, 1.165) is 36.3 Å². The highest BCUT2D eigenvalue weighted by Crippen LogP contribution is 2.29. The smallest absolute Gasteiger partial charge is 0.277 e. The standard InChI is InChI=1S/C24H37N5O5S/c1-5-7-20-21-22(28(3)27-20)24(31)26-23(25-21)17-15-18(34-13-6-2)8-9-19(16-17)35(32)29(10-12-30)11-14-33-4/h8,16,19,30H,5-7,9-15H2,1-4H3,(H,25,26,31). The molecule has 3 rings (SSSR count). The van der Waals surface area contributed by atoms with Gasteiger partial charge in [-0.05, 0) is 30.9 Å². The molecular formula is C24H37N5O5S. The summed E-state index contributed by atoms with van der Waals surface area (Å²) in [5.74, 6) is 1.21. The van der Waals surface area contributed by atoms with Crippen molar-refractivity contribution in [3.63, 3.8) is 0 Å². The van der Waals surface area contributed by atoms with E-state index in [0.29, 0.717) is 49.5 Å². The quantitative estimate of drug-likeness (QED) is 0.425. The third-order valence-corrected chi connectivity index (χ3v) is 7.50. The van der Waals surface area contributed by atoms with Gasteiger partial charge in [0.05, 0.1) is 36.5 Å². The fraction of sp³-hybridized carbons (Fsp3) is 0.625. The molecule has 2 N–H and O–H groups in total. The summed E-state index contributed by atoms with van der Waals surface area (Å²) in [6.07, 6.45) is 7.31. The predicted octanol–water partition coefficient (Wildman–Crippen LogP) is 2.07. The van der Waals surface area contributed by atoms with Crippen LogP contribution in [0.15, 0.2) is 22.7 Å². The van der Waals surface area contributed by atoms with Crippen LogP contribution in [-0.4, -0.2) is 78.6 Å². The Labute approximate surface area is 208 Å². The minimum absolute atomic E-state index is 0.105. The second-order valence-corrected chi connectivity index (χ2v) is 10.2. The Kier molecular flexibility index (Phi) is 10.2. The highest BCUT2D eigenvalue weighted by molar-refractivity contribution is 7.83. The molecule has 1 aliphatic rings. The van der Waals surface area contributed by atoms with Crippen molar-refractivity contribution in [2.75, 3.05) is 40.0 Å². The van der Waals surface area contributed by atoms with E-state index in [1.807, 2.05) is 19.1 Å². The third kappa shape index (κ3) is 6.66. The van der Waals surface area contributed by atoms with Gasteiger partial charge in [0.15, 0.2) is 5.52 Å². The molecule has 0 amide bonds. The second-order valence-electron chi connectivity index (χ2n) is 8.52. The topological polar surface area (TPSA) is 123 Å². The Morgan fingerprint density at radius 1 is 1.29 bits per heavy atom. The van der Waals surface area contributed by atoms with Gasteiger partial charge in [-0.25, -0.2) is 13.5 Å². The SMILES string of the molecule is CCCOC1=CCC(S(=O)N(CCO)CCOC)C=C(c2nc3c(CCC)nn(C)c3c(=O)[nH]2)C1. The van der Waals surface area contributed by atoms with E-state index < -0.39 is 11.0 Å². The third-order valence-electron chi connectivity index (χ3n) is 5.78. The van der Waals surface area contributed by atoms with Crippen molar-refractivity contribution < 1.29 is 18.8 Å². The molecule has 2 aromatic heterocycles. The van der Waals surface area contributed by atoms with E-state index in [1.165, 1.54) is 0 Å². The molecule has 11 heteroatoms. The van der Waals surface area contributed by atoms with Crippen LogP contribution in [-0.2, 0) is 33.9 Å². The Morgan fingerprint density at radius 3 is 2.77 bits per heavy atom. The number of methoxy groups -OCH3 is 1. The molecule has 35 heavy (non-hydrogen) atoms. The number of fused-ring (bicyclic) bond motifs is 1. The first-order valence-electron chi connectivity index (χ1n) is 12.2. The average molecular weight is 508 g/mol. The van der Waals surface area contributed by atoms with Gasteiger partial charge in [-0.15, -0.1) is 0 Å². The van der Waals surface area contributed by atoms with Gasteiger partial charge in [0.25, 0.3) is 5.56 Å². The van der Waals surface area contributed by atoms with E-state index in [9.17, 15) is 14.1 Å². The zero-order valence-electron chi connectivity index (χ0n) is 21.1. The zero-order chi connectivity index (χ0) is 25.4. The number of aromatic nitrogens is 4. The highest BCUT2D eigenvalue weighted by atomic mass is 32.2. The molecule has 0 aliphatic heterocycles. The van der Waals surface area contributed by atoms with Crippen molar-refractivity contribution >= 4 is 27.6 Å². The molecule has 0 fully saturated rings. The van der Waals surface area contributed by atoms with E-state index in [-0.39, 0.29) is 24.0 Å². The van der Waals surface area contributed by atoms with Crippen LogP contribution in [0.1, 0.15) is 51.0 Å². The van der Waals surface area contributed by atoms with Gasteiger partial charge in [0.1, 0.15) is 22.3 Å². The Balaban J connectivity index is 2.05. The molecule has 2 unspecified atom stereocenters. The van der Waals surface area contributed by atoms with Gasteiger partial charge in [0, 0.05) is 33.7 Å². The highest BCUT2D eigenvalue weighted by Gasteiger charge is 2.26. The van der Waals surface area contributed by atoms with Crippen molar-refractivity contribution in [1.82, 2.24) is 24.1 Å². The van der Waals surface area contributed by atoms with Gasteiger partial charge in [-0.1, -0.05) is 26.3 Å². The van der Waals surface area contributed by atoms with E-state index in [2.05, 4.69) is 17.0 Å². The number of aryl methyl sites for hydroxylation is 2. The number of nitrogens with one attached hydrogen (secondary N) is 1. The molecule has 0 radical (unpaired) electrons. The Morgan fingerprint density at radius 2 is 2.09 bits per heavy atom. The molecule has 0 spiro atoms. The average Bonchev–Trinajstić information content (AvgIpc) is 3.02. The predicted molar refractivity (Wildman–Crippen MR) is 137 cm³/mol. The lowest BCUT2D eigenvalue weighted by Gasteiger charge is -2.23. The van der Waals surface area contributed by atoms with Crippen LogP contribution in [0.25, 0.3) is 16.6 Å². The number of hydrogen-bond acceptors (Lipinski definition) is 7. The van der Waals surface area contributed by atoms with Crippen LogP contribution in [0.4, 0.5) is 0 Å². The molecule has 0 saturated carbocycles. The summed E-state index contributed by atoms with van der Waals surface area (Å²) in [4.78, 5) is 20.7. The number of aliphatic hydroxyl groups excluding tert-OH is 1. The zero-order valence-corrected chi connectivity index (χ0v) is 21.9. The van der Waals surface area contributed by atoms with E-state index >= 15 is 0 Å². The number of H-pyrrole nitrogens is 1. The van der Waals surface area contributed by atoms with Gasteiger partial charge >= 0.3 is 0 Å². The largest absolute Gasteiger partial charge is 0.498 e. The molecule has 194 valence electrons. The summed E-state index contributed by atoms with van der Waals surface area (Å²) in [6, 6.07) is 0. The summed E-state index contributed by atoms with van der Waals surface area (Å²) >= 11 is 0. The van der Waals surface area contributed by atoms with Crippen LogP contribution in [0.2, 0.25) is 0 Å². The maximum absolute atomic E-state index is 13.5. The summed E-state index contributed by atoms with van der Waals surface area (Å²) in [5.41, 5.74) is 2.32. The number of nitrogens with zero attached hydrogens (tertiary/aromatic N) is 4. The molecule has 2 heterocycles. The Hall–Kier alpha value is -2.34. The van der Waals surface area contributed by atoms with Crippen LogP contribution < -0.4 is 5.56 Å². The normalized spacial score (nSPS) is 17.4. The van der Waals surface area contributed by atoms with Crippen molar-refractivity contribution in [3.8, 4) is 0 Å². The summed E-state index contributed by atoms with van der Waals surface area (Å²) < 4.78 is 27.9. The van der Waals surface area contributed by atoms with E-state index in [1.54, 1.807) is 23.1 Å². The minimum Gasteiger partial charge on any atom is -0.498 e. The lowest BCUT2D eigenvalue weighted by Crippen LogP contribution is -2.37. The summed E-state index contributed by atoms with van der Waals surface area (Å²) in [5, 5.41) is 13.6. The van der Waals surface area contributed by atoms with Crippen LogP contribution in [0, 0.1) is 0 Å². The number of allylic oxidation sites excluding steroid dienone is 2. The number of ether oxygens (including phenoxy) is 2. The monoisotopic (exact) mass is 507 g/mol. The summed E-state index contributed by atoms with van der Waals surface area (Å²) in [6.45, 7) is 5.68. The van der Waals surface area contributed by atoms with Gasteiger partial charge in [0.2, 0.25) is 0 Å². The molecule has 2 aromatic rings. The molecular weight excluding hydrogens is 470 g/mol. The van der Waals surface area contributed by atoms with Crippen LogP contribution >= 0.6 is 0 Å². The maximum atomic E-state index is 13.5. The lowest BCUT2D eigenvalue weighted by atomic mass is 10.1. The molecule has 0 saturated heterocycles. The summed E-state index contributed by atoms with van der Waals surface area (Å²) in [7, 11) is 1.91. The fourth-order valence-corrected chi connectivity index (χ4v) is 5.54. The minimum atomic E-state index is -1.43. The second kappa shape index (κ2) is 13.1. The van der Waals surface area contributed by atoms with Crippen LogP contribution in [0.3, 0.4) is 0 Å².